The Morgan fingerprint density at radius 2 is 1.73 bits per heavy atom. The molecule has 0 aliphatic carbocycles. The molecule has 0 unspecified atom stereocenters. The van der Waals surface area contributed by atoms with Crippen LogP contribution in [-0.4, -0.2) is 38.2 Å². The summed E-state index contributed by atoms with van der Waals surface area (Å²) in [5.74, 6) is 0.914. The minimum Gasteiger partial charge on any atom is -0.497 e. The van der Waals surface area contributed by atoms with Crippen LogP contribution in [0, 0.1) is 0 Å². The summed E-state index contributed by atoms with van der Waals surface area (Å²) < 4.78 is 6.37. The van der Waals surface area contributed by atoms with E-state index in [-0.39, 0.29) is 0 Å². The molecule has 22 heavy (non-hydrogen) atoms. The number of halogens is 1. The van der Waals surface area contributed by atoms with Crippen LogP contribution < -0.4 is 9.64 Å². The van der Waals surface area contributed by atoms with Crippen LogP contribution in [0.4, 0.5) is 5.69 Å². The van der Waals surface area contributed by atoms with Crippen LogP contribution >= 0.6 is 15.9 Å². The normalized spacial score (nSPS) is 15.8. The van der Waals surface area contributed by atoms with Gasteiger partial charge in [0.1, 0.15) is 5.75 Å². The molecule has 1 saturated heterocycles. The van der Waals surface area contributed by atoms with Gasteiger partial charge in [-0.3, -0.25) is 4.90 Å². The SMILES string of the molecule is COc1ccc(N2CCN(Cc3cccc(Br)c3)CC2)cc1. The summed E-state index contributed by atoms with van der Waals surface area (Å²) in [6.45, 7) is 5.35. The second-order valence-electron chi connectivity index (χ2n) is 5.59. The molecule has 0 amide bonds. The lowest BCUT2D eigenvalue weighted by Gasteiger charge is -2.36. The predicted octanol–water partition coefficient (Wildman–Crippen LogP) is 3.78. The van der Waals surface area contributed by atoms with E-state index in [0.29, 0.717) is 0 Å². The van der Waals surface area contributed by atoms with Gasteiger partial charge in [0.2, 0.25) is 0 Å². The standard InChI is InChI=1S/C18H21BrN2O/c1-22-18-7-5-17(6-8-18)21-11-9-20(10-12-21)14-15-3-2-4-16(19)13-15/h2-8,13H,9-12,14H2,1H3. The summed E-state index contributed by atoms with van der Waals surface area (Å²) in [7, 11) is 1.70. The Morgan fingerprint density at radius 3 is 2.36 bits per heavy atom. The fourth-order valence-corrected chi connectivity index (χ4v) is 3.30. The highest BCUT2D eigenvalue weighted by Crippen LogP contribution is 2.21. The molecular formula is C18H21BrN2O. The zero-order valence-corrected chi connectivity index (χ0v) is 14.4. The minimum atomic E-state index is 0.914. The fraction of sp³-hybridized carbons (Fsp3) is 0.333. The van der Waals surface area contributed by atoms with Crippen molar-refractivity contribution in [2.75, 3.05) is 38.2 Å². The first kappa shape index (κ1) is 15.4. The number of piperazine rings is 1. The monoisotopic (exact) mass is 360 g/mol. The molecule has 1 heterocycles. The Labute approximate surface area is 140 Å². The van der Waals surface area contributed by atoms with Gasteiger partial charge in [0.15, 0.2) is 0 Å². The van der Waals surface area contributed by atoms with Crippen molar-refractivity contribution in [3.05, 3.63) is 58.6 Å². The molecule has 1 aliphatic heterocycles. The van der Waals surface area contributed by atoms with Crippen molar-refractivity contribution in [1.29, 1.82) is 0 Å². The van der Waals surface area contributed by atoms with Crippen LogP contribution in [-0.2, 0) is 6.54 Å². The Balaban J connectivity index is 1.55. The molecule has 0 radical (unpaired) electrons. The molecule has 1 aliphatic rings. The van der Waals surface area contributed by atoms with Crippen LogP contribution in [0.1, 0.15) is 5.56 Å². The number of methoxy groups -OCH3 is 1. The Morgan fingerprint density at radius 1 is 1.00 bits per heavy atom. The average Bonchev–Trinajstić information content (AvgIpc) is 2.56. The summed E-state index contributed by atoms with van der Waals surface area (Å²) >= 11 is 3.54. The summed E-state index contributed by atoms with van der Waals surface area (Å²) in [6, 6.07) is 16.9. The highest BCUT2D eigenvalue weighted by atomic mass is 79.9. The molecule has 0 aromatic heterocycles. The van der Waals surface area contributed by atoms with E-state index in [1.54, 1.807) is 7.11 Å². The van der Waals surface area contributed by atoms with Gasteiger partial charge < -0.3 is 9.64 Å². The molecule has 4 heteroatoms. The highest BCUT2D eigenvalue weighted by molar-refractivity contribution is 9.10. The van der Waals surface area contributed by atoms with E-state index < -0.39 is 0 Å². The van der Waals surface area contributed by atoms with Gasteiger partial charge in [0.05, 0.1) is 7.11 Å². The third kappa shape index (κ3) is 3.81. The lowest BCUT2D eigenvalue weighted by molar-refractivity contribution is 0.250. The smallest absolute Gasteiger partial charge is 0.119 e. The van der Waals surface area contributed by atoms with Gasteiger partial charge in [-0.25, -0.2) is 0 Å². The number of nitrogens with zero attached hydrogens (tertiary/aromatic N) is 2. The average molecular weight is 361 g/mol. The lowest BCUT2D eigenvalue weighted by Crippen LogP contribution is -2.45. The van der Waals surface area contributed by atoms with Crippen LogP contribution in [0.3, 0.4) is 0 Å². The molecule has 0 atom stereocenters. The van der Waals surface area contributed by atoms with E-state index in [9.17, 15) is 0 Å². The Bertz CT molecular complexity index is 607. The van der Waals surface area contributed by atoms with E-state index in [4.69, 9.17) is 4.74 Å². The third-order valence-corrected chi connectivity index (χ3v) is 4.60. The van der Waals surface area contributed by atoms with Crippen molar-refractivity contribution >= 4 is 21.6 Å². The van der Waals surface area contributed by atoms with Crippen LogP contribution in [0.5, 0.6) is 5.75 Å². The van der Waals surface area contributed by atoms with Crippen LogP contribution in [0.25, 0.3) is 0 Å². The zero-order valence-electron chi connectivity index (χ0n) is 12.8. The maximum absolute atomic E-state index is 5.22. The van der Waals surface area contributed by atoms with Gasteiger partial charge in [0.25, 0.3) is 0 Å². The van der Waals surface area contributed by atoms with Crippen LogP contribution in [0.15, 0.2) is 53.0 Å². The maximum atomic E-state index is 5.22. The van der Waals surface area contributed by atoms with Crippen molar-refractivity contribution in [2.45, 2.75) is 6.54 Å². The van der Waals surface area contributed by atoms with Gasteiger partial charge in [-0.2, -0.15) is 0 Å². The highest BCUT2D eigenvalue weighted by Gasteiger charge is 2.17. The second-order valence-corrected chi connectivity index (χ2v) is 6.51. The molecule has 0 bridgehead atoms. The van der Waals surface area contributed by atoms with E-state index in [1.165, 1.54) is 11.3 Å². The van der Waals surface area contributed by atoms with Gasteiger partial charge in [0, 0.05) is 42.9 Å². The summed E-state index contributed by atoms with van der Waals surface area (Å²) in [6.07, 6.45) is 0. The fourth-order valence-electron chi connectivity index (χ4n) is 2.85. The third-order valence-electron chi connectivity index (χ3n) is 4.11. The molecule has 116 valence electrons. The maximum Gasteiger partial charge on any atom is 0.119 e. The molecule has 3 nitrogen and oxygen atoms in total. The number of benzene rings is 2. The number of ether oxygens (including phenoxy) is 1. The minimum absolute atomic E-state index is 0.914. The first-order valence-electron chi connectivity index (χ1n) is 7.60. The molecule has 0 saturated carbocycles. The van der Waals surface area contributed by atoms with Crippen molar-refractivity contribution in [1.82, 2.24) is 4.90 Å². The van der Waals surface area contributed by atoms with Gasteiger partial charge in [-0.15, -0.1) is 0 Å². The summed E-state index contributed by atoms with van der Waals surface area (Å²) in [4.78, 5) is 4.96. The molecular weight excluding hydrogens is 340 g/mol. The quantitative estimate of drug-likeness (QED) is 0.824. The van der Waals surface area contributed by atoms with Gasteiger partial charge >= 0.3 is 0 Å². The number of hydrogen-bond acceptors (Lipinski definition) is 3. The van der Waals surface area contributed by atoms with Crippen molar-refractivity contribution in [3.8, 4) is 5.75 Å². The molecule has 3 rings (SSSR count). The largest absolute Gasteiger partial charge is 0.497 e. The van der Waals surface area contributed by atoms with E-state index in [0.717, 1.165) is 42.9 Å². The van der Waals surface area contributed by atoms with Crippen molar-refractivity contribution in [2.24, 2.45) is 0 Å². The number of anilines is 1. The van der Waals surface area contributed by atoms with Crippen molar-refractivity contribution in [3.63, 3.8) is 0 Å². The molecule has 2 aromatic rings. The summed E-state index contributed by atoms with van der Waals surface area (Å²) in [5, 5.41) is 0. The molecule has 0 spiro atoms. The first-order chi connectivity index (χ1) is 10.7. The zero-order chi connectivity index (χ0) is 15.4. The van der Waals surface area contributed by atoms with E-state index >= 15 is 0 Å². The number of hydrogen-bond donors (Lipinski definition) is 0. The molecule has 0 N–H and O–H groups in total. The van der Waals surface area contributed by atoms with Gasteiger partial charge in [-0.05, 0) is 42.0 Å². The lowest BCUT2D eigenvalue weighted by atomic mass is 10.2. The Kier molecular flexibility index (Phi) is 5.01. The predicted molar refractivity (Wildman–Crippen MR) is 94.6 cm³/mol. The summed E-state index contributed by atoms with van der Waals surface area (Å²) in [5.41, 5.74) is 2.65. The van der Waals surface area contributed by atoms with Crippen LogP contribution in [0.2, 0.25) is 0 Å². The molecule has 1 fully saturated rings. The van der Waals surface area contributed by atoms with E-state index in [1.807, 2.05) is 12.1 Å². The van der Waals surface area contributed by atoms with Gasteiger partial charge in [-0.1, -0.05) is 28.1 Å². The Hall–Kier alpha value is -1.52. The molecule has 2 aromatic carbocycles. The van der Waals surface area contributed by atoms with Crippen molar-refractivity contribution < 1.29 is 4.74 Å². The topological polar surface area (TPSA) is 15.7 Å². The number of rotatable bonds is 4. The second kappa shape index (κ2) is 7.16. The first-order valence-corrected chi connectivity index (χ1v) is 8.40. The van der Waals surface area contributed by atoms with E-state index in [2.05, 4.69) is 62.1 Å².